The number of hydrogen-bond acceptors (Lipinski definition) is 4. The first-order chi connectivity index (χ1) is 10.3. The van der Waals surface area contributed by atoms with Gasteiger partial charge in [-0.1, -0.05) is 36.4 Å². The number of nitriles is 1. The highest BCUT2D eigenvalue weighted by Crippen LogP contribution is 2.34. The van der Waals surface area contributed by atoms with Crippen LogP contribution < -0.4 is 14.8 Å². The summed E-state index contributed by atoms with van der Waals surface area (Å²) in [6, 6.07) is 17.7. The lowest BCUT2D eigenvalue weighted by atomic mass is 10.0. The lowest BCUT2D eigenvalue weighted by Gasteiger charge is -2.19. The molecule has 0 aromatic heterocycles. The standard InChI is InChI=1S/C17H16N2O2/c1-12(13-5-3-2-4-6-13)19-15(10-18)14-7-8-16-17(9-14)21-11-20-16/h2-9,12,15,19H,11H2,1H3. The Balaban J connectivity index is 1.78. The highest BCUT2D eigenvalue weighted by atomic mass is 16.7. The SMILES string of the molecule is CC(NC(C#N)c1ccc2c(c1)OCO2)c1ccccc1. The van der Waals surface area contributed by atoms with Crippen LogP contribution in [0.5, 0.6) is 11.5 Å². The molecule has 0 amide bonds. The van der Waals surface area contributed by atoms with Gasteiger partial charge in [0.05, 0.1) is 6.07 Å². The lowest BCUT2D eigenvalue weighted by molar-refractivity contribution is 0.174. The van der Waals surface area contributed by atoms with Crippen LogP contribution in [0.1, 0.15) is 30.1 Å². The van der Waals surface area contributed by atoms with Crippen LogP contribution in [0.3, 0.4) is 0 Å². The van der Waals surface area contributed by atoms with E-state index in [0.717, 1.165) is 16.9 Å². The van der Waals surface area contributed by atoms with E-state index in [4.69, 9.17) is 9.47 Å². The van der Waals surface area contributed by atoms with Crippen LogP contribution in [0, 0.1) is 11.3 Å². The van der Waals surface area contributed by atoms with Crippen LogP contribution >= 0.6 is 0 Å². The summed E-state index contributed by atoms with van der Waals surface area (Å²) in [6.07, 6.45) is 0. The summed E-state index contributed by atoms with van der Waals surface area (Å²) >= 11 is 0. The first-order valence-electron chi connectivity index (χ1n) is 6.88. The summed E-state index contributed by atoms with van der Waals surface area (Å²) < 4.78 is 10.7. The Labute approximate surface area is 123 Å². The molecule has 0 saturated carbocycles. The van der Waals surface area contributed by atoms with E-state index < -0.39 is 6.04 Å². The second-order valence-corrected chi connectivity index (χ2v) is 4.97. The molecule has 2 atom stereocenters. The smallest absolute Gasteiger partial charge is 0.231 e. The third-order valence-electron chi connectivity index (χ3n) is 3.58. The molecule has 106 valence electrons. The van der Waals surface area contributed by atoms with E-state index in [2.05, 4.69) is 11.4 Å². The highest BCUT2D eigenvalue weighted by molar-refractivity contribution is 5.46. The summed E-state index contributed by atoms with van der Waals surface area (Å²) in [5.74, 6) is 1.42. The van der Waals surface area contributed by atoms with Crippen molar-refractivity contribution < 1.29 is 9.47 Å². The fraction of sp³-hybridized carbons (Fsp3) is 0.235. The van der Waals surface area contributed by atoms with Gasteiger partial charge in [0.15, 0.2) is 11.5 Å². The molecule has 4 nitrogen and oxygen atoms in total. The Hall–Kier alpha value is -2.51. The van der Waals surface area contributed by atoms with E-state index in [0.29, 0.717) is 5.75 Å². The first-order valence-corrected chi connectivity index (χ1v) is 6.88. The van der Waals surface area contributed by atoms with Gasteiger partial charge in [-0.05, 0) is 30.2 Å². The van der Waals surface area contributed by atoms with Crippen molar-refractivity contribution in [2.24, 2.45) is 0 Å². The van der Waals surface area contributed by atoms with Gasteiger partial charge < -0.3 is 9.47 Å². The Morgan fingerprint density at radius 3 is 2.57 bits per heavy atom. The van der Waals surface area contributed by atoms with Gasteiger partial charge in [0.2, 0.25) is 6.79 Å². The molecule has 0 fully saturated rings. The normalized spacial score (nSPS) is 15.2. The van der Waals surface area contributed by atoms with Crippen molar-refractivity contribution in [1.82, 2.24) is 5.32 Å². The van der Waals surface area contributed by atoms with E-state index in [9.17, 15) is 5.26 Å². The van der Waals surface area contributed by atoms with Crippen molar-refractivity contribution in [1.29, 1.82) is 5.26 Å². The predicted octanol–water partition coefficient (Wildman–Crippen LogP) is 3.33. The van der Waals surface area contributed by atoms with Gasteiger partial charge in [0, 0.05) is 6.04 Å². The minimum absolute atomic E-state index is 0.0845. The van der Waals surface area contributed by atoms with Gasteiger partial charge in [-0.3, -0.25) is 5.32 Å². The maximum Gasteiger partial charge on any atom is 0.231 e. The predicted molar refractivity (Wildman–Crippen MR) is 78.9 cm³/mol. The molecule has 3 rings (SSSR count). The molecule has 4 heteroatoms. The molecule has 2 unspecified atom stereocenters. The molecular formula is C17H16N2O2. The molecular weight excluding hydrogens is 264 g/mol. The van der Waals surface area contributed by atoms with Crippen LogP contribution in [0.25, 0.3) is 0 Å². The van der Waals surface area contributed by atoms with Gasteiger partial charge in [-0.25, -0.2) is 0 Å². The van der Waals surface area contributed by atoms with E-state index in [1.54, 1.807) is 0 Å². The summed E-state index contributed by atoms with van der Waals surface area (Å²) in [6.45, 7) is 2.29. The highest BCUT2D eigenvalue weighted by Gasteiger charge is 2.19. The van der Waals surface area contributed by atoms with Crippen molar-refractivity contribution in [2.75, 3.05) is 6.79 Å². The average Bonchev–Trinajstić information content (AvgIpc) is 3.00. The number of nitrogens with one attached hydrogen (secondary N) is 1. The molecule has 2 aromatic rings. The molecule has 1 aliphatic rings. The van der Waals surface area contributed by atoms with Gasteiger partial charge >= 0.3 is 0 Å². The summed E-state index contributed by atoms with van der Waals surface area (Å²) in [5.41, 5.74) is 2.03. The van der Waals surface area contributed by atoms with E-state index in [-0.39, 0.29) is 12.8 Å². The van der Waals surface area contributed by atoms with Crippen molar-refractivity contribution in [2.45, 2.75) is 19.0 Å². The first kappa shape index (κ1) is 13.5. The topological polar surface area (TPSA) is 54.3 Å². The van der Waals surface area contributed by atoms with E-state index in [1.807, 2.05) is 55.5 Å². The Morgan fingerprint density at radius 1 is 1.05 bits per heavy atom. The van der Waals surface area contributed by atoms with Crippen molar-refractivity contribution in [3.63, 3.8) is 0 Å². The molecule has 0 spiro atoms. The minimum atomic E-state index is -0.394. The molecule has 2 aromatic carbocycles. The van der Waals surface area contributed by atoms with E-state index in [1.165, 1.54) is 0 Å². The molecule has 0 radical (unpaired) electrons. The zero-order valence-electron chi connectivity index (χ0n) is 11.7. The Bertz CT molecular complexity index is 664. The third-order valence-corrected chi connectivity index (χ3v) is 3.58. The number of ether oxygens (including phenoxy) is 2. The molecule has 1 heterocycles. The van der Waals surface area contributed by atoms with Gasteiger partial charge in [0.25, 0.3) is 0 Å². The Morgan fingerprint density at radius 2 is 1.81 bits per heavy atom. The average molecular weight is 280 g/mol. The number of fused-ring (bicyclic) bond motifs is 1. The monoisotopic (exact) mass is 280 g/mol. The summed E-state index contributed by atoms with van der Waals surface area (Å²) in [4.78, 5) is 0. The van der Waals surface area contributed by atoms with Crippen LogP contribution in [0.15, 0.2) is 48.5 Å². The van der Waals surface area contributed by atoms with Crippen molar-refractivity contribution >= 4 is 0 Å². The minimum Gasteiger partial charge on any atom is -0.454 e. The van der Waals surface area contributed by atoms with Crippen LogP contribution in [0.4, 0.5) is 0 Å². The summed E-state index contributed by atoms with van der Waals surface area (Å²) in [7, 11) is 0. The maximum atomic E-state index is 9.44. The number of hydrogen-bond donors (Lipinski definition) is 1. The molecule has 1 N–H and O–H groups in total. The molecule has 1 aliphatic heterocycles. The van der Waals surface area contributed by atoms with Crippen molar-refractivity contribution in [3.05, 3.63) is 59.7 Å². The molecule has 0 saturated heterocycles. The third kappa shape index (κ3) is 2.83. The Kier molecular flexibility index (Phi) is 3.76. The van der Waals surface area contributed by atoms with Gasteiger partial charge in [-0.2, -0.15) is 5.26 Å². The van der Waals surface area contributed by atoms with Crippen molar-refractivity contribution in [3.8, 4) is 17.6 Å². The van der Waals surface area contributed by atoms with Gasteiger partial charge in [0.1, 0.15) is 6.04 Å². The number of rotatable bonds is 4. The molecule has 21 heavy (non-hydrogen) atoms. The maximum absolute atomic E-state index is 9.44. The fourth-order valence-electron chi connectivity index (χ4n) is 2.39. The number of nitrogens with zero attached hydrogens (tertiary/aromatic N) is 1. The van der Waals surface area contributed by atoms with Crippen LogP contribution in [-0.4, -0.2) is 6.79 Å². The molecule has 0 aliphatic carbocycles. The second kappa shape index (κ2) is 5.86. The van der Waals surface area contributed by atoms with Crippen LogP contribution in [0.2, 0.25) is 0 Å². The van der Waals surface area contributed by atoms with Crippen LogP contribution in [-0.2, 0) is 0 Å². The lowest BCUT2D eigenvalue weighted by Crippen LogP contribution is -2.23. The molecule has 0 bridgehead atoms. The second-order valence-electron chi connectivity index (χ2n) is 4.97. The quantitative estimate of drug-likeness (QED) is 0.933. The van der Waals surface area contributed by atoms with E-state index >= 15 is 0 Å². The van der Waals surface area contributed by atoms with Gasteiger partial charge in [-0.15, -0.1) is 0 Å². The number of benzene rings is 2. The fourth-order valence-corrected chi connectivity index (χ4v) is 2.39. The summed E-state index contributed by atoms with van der Waals surface area (Å²) in [5, 5.41) is 12.8. The largest absolute Gasteiger partial charge is 0.454 e. The zero-order chi connectivity index (χ0) is 14.7. The zero-order valence-corrected chi connectivity index (χ0v) is 11.7.